The lowest BCUT2D eigenvalue weighted by atomic mass is 9.77. The molecule has 3 aliphatic heterocycles. The molecule has 7 heteroatoms. The first-order chi connectivity index (χ1) is 11.1. The van der Waals surface area contributed by atoms with Crippen molar-refractivity contribution in [2.45, 2.75) is 24.4 Å². The lowest BCUT2D eigenvalue weighted by Gasteiger charge is -2.27. The lowest BCUT2D eigenvalue weighted by molar-refractivity contribution is -0.153. The van der Waals surface area contributed by atoms with E-state index in [4.69, 9.17) is 14.2 Å². The van der Waals surface area contributed by atoms with Gasteiger partial charge in [-0.25, -0.2) is 0 Å². The van der Waals surface area contributed by atoms with Gasteiger partial charge in [-0.1, -0.05) is 18.2 Å². The zero-order valence-electron chi connectivity index (χ0n) is 12.3. The van der Waals surface area contributed by atoms with E-state index in [-0.39, 0.29) is 5.91 Å². The summed E-state index contributed by atoms with van der Waals surface area (Å²) in [5, 5.41) is 2.83. The third kappa shape index (κ3) is 1.96. The highest BCUT2D eigenvalue weighted by atomic mass is 16.6. The molecule has 0 spiro atoms. The zero-order chi connectivity index (χ0) is 16.1. The monoisotopic (exact) mass is 317 g/mol. The summed E-state index contributed by atoms with van der Waals surface area (Å²) >= 11 is 0. The van der Waals surface area contributed by atoms with Crippen molar-refractivity contribution in [1.82, 2.24) is 5.32 Å². The minimum absolute atomic E-state index is 0.296. The van der Waals surface area contributed by atoms with Crippen LogP contribution in [0.5, 0.6) is 0 Å². The number of fused-ring (bicyclic) bond motifs is 1. The van der Waals surface area contributed by atoms with Crippen LogP contribution in [0.4, 0.5) is 0 Å². The summed E-state index contributed by atoms with van der Waals surface area (Å²) in [7, 11) is 1.27. The smallest absolute Gasteiger partial charge is 0.313 e. The average molecular weight is 317 g/mol. The van der Waals surface area contributed by atoms with Gasteiger partial charge in [-0.05, 0) is 12.1 Å². The predicted octanol–water partition coefficient (Wildman–Crippen LogP) is -0.103. The van der Waals surface area contributed by atoms with Crippen LogP contribution in [0.15, 0.2) is 30.3 Å². The number of carbonyl (C=O) groups excluding carboxylic acids is 3. The summed E-state index contributed by atoms with van der Waals surface area (Å²) in [5.41, 5.74) is 0.491. The van der Waals surface area contributed by atoms with Gasteiger partial charge in [-0.3, -0.25) is 14.4 Å². The number of amides is 1. The van der Waals surface area contributed by atoms with Gasteiger partial charge in [0.15, 0.2) is 6.10 Å². The molecule has 4 rings (SSSR count). The fourth-order valence-corrected chi connectivity index (χ4v) is 3.78. The number of carbonyl (C=O) groups is 3. The van der Waals surface area contributed by atoms with Crippen molar-refractivity contribution in [3.8, 4) is 0 Å². The molecular weight excluding hydrogens is 302 g/mol. The third-order valence-electron chi connectivity index (χ3n) is 4.77. The molecule has 0 aliphatic carbocycles. The SMILES string of the molecule is COC(=O)[C@H]1[C@H]2O[C@@H]3[C@@H](OC(=O)[C@@H]31)[C@@H]2NC(=O)c1ccccc1. The normalized spacial score (nSPS) is 36.7. The molecule has 0 saturated carbocycles. The molecule has 2 bridgehead atoms. The van der Waals surface area contributed by atoms with Crippen LogP contribution in [0.3, 0.4) is 0 Å². The molecule has 0 radical (unpaired) electrons. The number of esters is 2. The Morgan fingerprint density at radius 1 is 1.13 bits per heavy atom. The Bertz CT molecular complexity index is 674. The molecule has 3 fully saturated rings. The van der Waals surface area contributed by atoms with E-state index in [0.717, 1.165) is 0 Å². The largest absolute Gasteiger partial charge is 0.469 e. The maximum absolute atomic E-state index is 12.4. The van der Waals surface area contributed by atoms with Gasteiger partial charge in [-0.2, -0.15) is 0 Å². The van der Waals surface area contributed by atoms with E-state index in [9.17, 15) is 14.4 Å². The predicted molar refractivity (Wildman–Crippen MR) is 75.2 cm³/mol. The maximum atomic E-state index is 12.4. The van der Waals surface area contributed by atoms with E-state index in [0.29, 0.717) is 5.56 Å². The molecular formula is C16H15NO6. The Morgan fingerprint density at radius 2 is 1.87 bits per heavy atom. The van der Waals surface area contributed by atoms with E-state index in [1.165, 1.54) is 7.11 Å². The van der Waals surface area contributed by atoms with Gasteiger partial charge in [0.25, 0.3) is 5.91 Å². The molecule has 6 atom stereocenters. The van der Waals surface area contributed by atoms with Crippen LogP contribution in [0, 0.1) is 11.8 Å². The quantitative estimate of drug-likeness (QED) is 0.783. The van der Waals surface area contributed by atoms with Gasteiger partial charge in [0.05, 0.1) is 19.3 Å². The summed E-state index contributed by atoms with van der Waals surface area (Å²) in [6.45, 7) is 0. The highest BCUT2D eigenvalue weighted by molar-refractivity contribution is 5.95. The first-order valence-electron chi connectivity index (χ1n) is 7.41. The van der Waals surface area contributed by atoms with Crippen molar-refractivity contribution in [2.24, 2.45) is 11.8 Å². The topological polar surface area (TPSA) is 90.9 Å². The molecule has 3 heterocycles. The molecule has 1 aromatic rings. The van der Waals surface area contributed by atoms with Crippen molar-refractivity contribution in [3.63, 3.8) is 0 Å². The van der Waals surface area contributed by atoms with Gasteiger partial charge in [-0.15, -0.1) is 0 Å². The standard InChI is InChI=1S/C16H15NO6/c1-21-15(19)8-9-12-13(23-16(9)20)10(11(8)22-12)17-14(18)7-5-3-2-4-6-7/h2-6,8-13H,1H3,(H,17,18)/t8-,9-,10-,11-,12+,13+/m1/s1. The van der Waals surface area contributed by atoms with Gasteiger partial charge >= 0.3 is 11.9 Å². The van der Waals surface area contributed by atoms with Crippen molar-refractivity contribution < 1.29 is 28.6 Å². The first-order valence-corrected chi connectivity index (χ1v) is 7.41. The number of nitrogens with one attached hydrogen (secondary N) is 1. The Labute approximate surface area is 131 Å². The molecule has 0 unspecified atom stereocenters. The van der Waals surface area contributed by atoms with E-state index in [1.54, 1.807) is 24.3 Å². The van der Waals surface area contributed by atoms with Gasteiger partial charge < -0.3 is 19.5 Å². The summed E-state index contributed by atoms with van der Waals surface area (Å²) in [4.78, 5) is 36.4. The number of ether oxygens (including phenoxy) is 3. The van der Waals surface area contributed by atoms with Crippen LogP contribution in [0.1, 0.15) is 10.4 Å². The average Bonchev–Trinajstić information content (AvgIpc) is 3.18. The molecule has 0 aromatic heterocycles. The highest BCUT2D eigenvalue weighted by Crippen LogP contribution is 2.50. The summed E-state index contributed by atoms with van der Waals surface area (Å²) < 4.78 is 15.9. The molecule has 120 valence electrons. The number of hydrogen-bond acceptors (Lipinski definition) is 6. The van der Waals surface area contributed by atoms with Crippen LogP contribution in [-0.4, -0.2) is 49.3 Å². The summed E-state index contributed by atoms with van der Waals surface area (Å²) in [6, 6.07) is 8.15. The van der Waals surface area contributed by atoms with E-state index in [2.05, 4.69) is 5.32 Å². The van der Waals surface area contributed by atoms with Gasteiger partial charge in [0.1, 0.15) is 17.9 Å². The maximum Gasteiger partial charge on any atom is 0.313 e. The second-order valence-corrected chi connectivity index (χ2v) is 5.91. The van der Waals surface area contributed by atoms with Crippen molar-refractivity contribution in [1.29, 1.82) is 0 Å². The Morgan fingerprint density at radius 3 is 2.57 bits per heavy atom. The number of benzene rings is 1. The summed E-state index contributed by atoms with van der Waals surface area (Å²) in [5.74, 6) is -2.65. The lowest BCUT2D eigenvalue weighted by Crippen LogP contribution is -2.54. The van der Waals surface area contributed by atoms with Gasteiger partial charge in [0, 0.05) is 5.56 Å². The molecule has 1 amide bonds. The second-order valence-electron chi connectivity index (χ2n) is 5.91. The fraction of sp³-hybridized carbons (Fsp3) is 0.438. The number of hydrogen-bond donors (Lipinski definition) is 1. The Kier molecular flexibility index (Phi) is 3.12. The third-order valence-corrected chi connectivity index (χ3v) is 4.77. The molecule has 7 nitrogen and oxygen atoms in total. The van der Waals surface area contributed by atoms with E-state index in [1.807, 2.05) is 6.07 Å². The Hall–Kier alpha value is -2.41. The van der Waals surface area contributed by atoms with Crippen molar-refractivity contribution in [2.75, 3.05) is 7.11 Å². The van der Waals surface area contributed by atoms with Crippen LogP contribution in [0.25, 0.3) is 0 Å². The van der Waals surface area contributed by atoms with Gasteiger partial charge in [0.2, 0.25) is 0 Å². The fourth-order valence-electron chi connectivity index (χ4n) is 3.78. The molecule has 3 saturated heterocycles. The minimum atomic E-state index is -0.739. The van der Waals surface area contributed by atoms with Crippen LogP contribution < -0.4 is 5.32 Å². The van der Waals surface area contributed by atoms with Crippen LogP contribution >= 0.6 is 0 Å². The highest BCUT2D eigenvalue weighted by Gasteiger charge is 2.70. The van der Waals surface area contributed by atoms with Crippen LogP contribution in [0.2, 0.25) is 0 Å². The zero-order valence-corrected chi connectivity index (χ0v) is 12.3. The molecule has 1 N–H and O–H groups in total. The van der Waals surface area contributed by atoms with Crippen LogP contribution in [-0.2, 0) is 23.8 Å². The number of methoxy groups -OCH3 is 1. The van der Waals surface area contributed by atoms with Crippen molar-refractivity contribution >= 4 is 17.8 Å². The molecule has 1 aromatic carbocycles. The van der Waals surface area contributed by atoms with E-state index < -0.39 is 48.1 Å². The Balaban J connectivity index is 1.59. The van der Waals surface area contributed by atoms with E-state index >= 15 is 0 Å². The second kappa shape index (κ2) is 5.06. The minimum Gasteiger partial charge on any atom is -0.469 e. The first kappa shape index (κ1) is 14.2. The number of rotatable bonds is 3. The molecule has 23 heavy (non-hydrogen) atoms. The molecule has 3 aliphatic rings. The van der Waals surface area contributed by atoms with Crippen molar-refractivity contribution in [3.05, 3.63) is 35.9 Å². The summed E-state index contributed by atoms with van der Waals surface area (Å²) in [6.07, 6.45) is -1.66.